The van der Waals surface area contributed by atoms with Crippen molar-refractivity contribution in [2.75, 3.05) is 32.9 Å². The van der Waals surface area contributed by atoms with Crippen LogP contribution in [-0.4, -0.2) is 70.3 Å². The van der Waals surface area contributed by atoms with Crippen molar-refractivity contribution in [1.82, 2.24) is 30.3 Å². The first kappa shape index (κ1) is 28.4. The number of aromatic nitrogens is 3. The van der Waals surface area contributed by atoms with Crippen molar-refractivity contribution in [1.29, 1.82) is 0 Å². The first-order valence-electron chi connectivity index (χ1n) is 6.92. The van der Waals surface area contributed by atoms with E-state index in [-0.39, 0.29) is 33.8 Å². The number of ether oxygens (including phenoxy) is 1. The smallest absolute Gasteiger partial charge is 0.550 e. The molecule has 0 spiro atoms. The normalized spacial score (nSPS) is 12.1. The minimum absolute atomic E-state index is 0. The van der Waals surface area contributed by atoms with Gasteiger partial charge in [-0.05, 0) is 13.5 Å². The maximum atomic E-state index is 11.5. The second-order valence-corrected chi connectivity index (χ2v) is 7.61. The average Bonchev–Trinajstić information content (AvgIpc) is 2.57. The molecule has 1 aromatic rings. The van der Waals surface area contributed by atoms with Crippen molar-refractivity contribution >= 4 is 42.9 Å². The van der Waals surface area contributed by atoms with Crippen LogP contribution in [0, 0.1) is 0 Å². The zero-order chi connectivity index (χ0) is 18.5. The van der Waals surface area contributed by atoms with Crippen LogP contribution in [0.25, 0.3) is 0 Å². The molecule has 0 unspecified atom stereocenters. The minimum Gasteiger partial charge on any atom is -0.550 e. The summed E-state index contributed by atoms with van der Waals surface area (Å²) in [5, 5.41) is 25.8. The summed E-state index contributed by atoms with van der Waals surface area (Å²) < 4.78 is 22.5. The molecule has 0 fully saturated rings. The zero-order valence-corrected chi connectivity index (χ0v) is 18.8. The van der Waals surface area contributed by atoms with Crippen molar-refractivity contribution in [2.24, 2.45) is 0 Å². The van der Waals surface area contributed by atoms with E-state index in [0.29, 0.717) is 43.4 Å². The fourth-order valence-corrected chi connectivity index (χ4v) is 4.16. The van der Waals surface area contributed by atoms with Crippen molar-refractivity contribution in [3.05, 3.63) is 0 Å². The number of aliphatic carboxylic acids is 2. The fourth-order valence-electron chi connectivity index (χ4n) is 1.42. The summed E-state index contributed by atoms with van der Waals surface area (Å²) in [6.45, 7) is 1.12. The molecule has 1 rings (SSSR count). The minimum atomic E-state index is -1.69. The zero-order valence-electron chi connectivity index (χ0n) is 13.9. The van der Waals surface area contributed by atoms with Gasteiger partial charge in [0.15, 0.2) is 0 Å². The number of hydrogen-bond donors (Lipinski definition) is 3. The number of rotatable bonds is 13. The Kier molecular flexibility index (Phi) is 18.3. The van der Waals surface area contributed by atoms with Crippen LogP contribution >= 0.6 is 25.1 Å². The molecule has 0 aliphatic carbocycles. The summed E-state index contributed by atoms with van der Waals surface area (Å²) >= 11 is 0. The molecule has 154 valence electrons. The van der Waals surface area contributed by atoms with Crippen LogP contribution in [0.1, 0.15) is 6.42 Å². The molecule has 5 N–H and O–H groups in total. The molecule has 1 aromatic heterocycles. The molecule has 0 saturated carbocycles. The molecular formula is C10H18N6O7P3Pt+. The Morgan fingerprint density at radius 1 is 1.11 bits per heavy atom. The van der Waals surface area contributed by atoms with Gasteiger partial charge in [-0.3, -0.25) is 4.79 Å². The van der Waals surface area contributed by atoms with Gasteiger partial charge in [-0.15, -0.1) is 0 Å². The third-order valence-electron chi connectivity index (χ3n) is 2.45. The molecule has 27 heavy (non-hydrogen) atoms. The van der Waals surface area contributed by atoms with Gasteiger partial charge in [0.25, 0.3) is 0 Å². The molecule has 0 bridgehead atoms. The number of nitrogens with one attached hydrogen (secondary N) is 2. The van der Waals surface area contributed by atoms with Gasteiger partial charge in [-0.25, -0.2) is 4.52 Å². The summed E-state index contributed by atoms with van der Waals surface area (Å²) in [5.41, 5.74) is 0. The van der Waals surface area contributed by atoms with E-state index in [9.17, 15) is 24.6 Å². The van der Waals surface area contributed by atoms with Crippen LogP contribution in [0.4, 0.5) is 0 Å². The first-order chi connectivity index (χ1) is 12.0. The summed E-state index contributed by atoms with van der Waals surface area (Å²) in [6.07, 6.45) is -0.856. The molecule has 0 saturated heterocycles. The fraction of sp³-hybridized carbons (Fsp3) is 0.700. The van der Waals surface area contributed by atoms with E-state index in [1.54, 1.807) is 0 Å². The van der Waals surface area contributed by atoms with Crippen molar-refractivity contribution in [2.45, 2.75) is 12.5 Å². The van der Waals surface area contributed by atoms with Gasteiger partial charge >= 0.3 is 46.2 Å². The van der Waals surface area contributed by atoms with E-state index < -0.39 is 38.4 Å². The standard InChI is InChI=1S/C10H16N5O7P3.H3N.Pt/c16-8(12-7(10(19)20)5-9(17)18)6-11-1-2-21-3-4-22-25-14-23-13-24-15-25;;/h7,11H,1-6H2,(H2-,12,16,17,18,19,20);1H3;/q;;+2/p-1/t7-;;/m0../s1. The van der Waals surface area contributed by atoms with E-state index in [2.05, 4.69) is 18.8 Å². The maximum Gasteiger partial charge on any atom is 2.00 e. The Bertz CT molecular complexity index is 575. The second-order valence-electron chi connectivity index (χ2n) is 4.34. The Hall–Kier alpha value is -0.762. The van der Waals surface area contributed by atoms with Crippen LogP contribution in [0.5, 0.6) is 0 Å². The van der Waals surface area contributed by atoms with Gasteiger partial charge in [-0.1, -0.05) is 0 Å². The van der Waals surface area contributed by atoms with E-state index in [0.717, 1.165) is 0 Å². The average molecular weight is 622 g/mol. The van der Waals surface area contributed by atoms with E-state index in [1.807, 2.05) is 5.32 Å². The van der Waals surface area contributed by atoms with E-state index >= 15 is 0 Å². The van der Waals surface area contributed by atoms with E-state index in [1.165, 1.54) is 0 Å². The van der Waals surface area contributed by atoms with Gasteiger partial charge in [0.1, 0.15) is 0 Å². The molecule has 1 atom stereocenters. The largest absolute Gasteiger partial charge is 2.00 e. The van der Waals surface area contributed by atoms with Gasteiger partial charge in [-0.2, -0.15) is 0 Å². The molecule has 1 amide bonds. The predicted octanol–water partition coefficient (Wildman–Crippen LogP) is -3.13. The number of carboxylic acid groups (broad SMARTS) is 2. The van der Waals surface area contributed by atoms with Crippen molar-refractivity contribution in [3.8, 4) is 0 Å². The van der Waals surface area contributed by atoms with Gasteiger partial charge in [0, 0.05) is 18.9 Å². The molecule has 17 heteroatoms. The summed E-state index contributed by atoms with van der Waals surface area (Å²) in [5.74, 6) is -3.96. The quantitative estimate of drug-likeness (QED) is 0.186. The number of carbonyl (C=O) groups excluding carboxylic acids is 3. The maximum absolute atomic E-state index is 11.5. The summed E-state index contributed by atoms with van der Waals surface area (Å²) in [4.78, 5) is 32.5. The van der Waals surface area contributed by atoms with Crippen molar-refractivity contribution in [3.63, 3.8) is 0 Å². The monoisotopic (exact) mass is 622 g/mol. The summed E-state index contributed by atoms with van der Waals surface area (Å²) in [6, 6.07) is -1.63. The van der Waals surface area contributed by atoms with Gasteiger partial charge in [0.2, 0.25) is 5.91 Å². The molecular weight excluding hydrogens is 604 g/mol. The van der Waals surface area contributed by atoms with Crippen LogP contribution in [-0.2, 0) is 40.2 Å². The molecule has 0 aliphatic heterocycles. The van der Waals surface area contributed by atoms with Crippen LogP contribution in [0.15, 0.2) is 0 Å². The number of amides is 1. The molecule has 13 nitrogen and oxygen atoms in total. The van der Waals surface area contributed by atoms with Gasteiger partial charge in [0.05, 0.1) is 38.4 Å². The number of nitrogens with zero attached hydrogens (tertiary/aromatic N) is 3. The topological polar surface area (TPSA) is 214 Å². The third kappa shape index (κ3) is 14.9. The van der Waals surface area contributed by atoms with Crippen LogP contribution < -0.4 is 31.5 Å². The molecule has 0 aromatic carbocycles. The molecule has 1 heterocycles. The summed E-state index contributed by atoms with van der Waals surface area (Å²) in [7, 11) is 0.0954. The number of carbonyl (C=O) groups is 3. The SMILES string of the molecule is N.O=C([O-])C[C@H](NC(=O)CNCCOCCO[p+]1npnpn1)C(=O)[O-].[Pt+2]. The Labute approximate surface area is 173 Å². The van der Waals surface area contributed by atoms with Crippen molar-refractivity contribution < 1.29 is 54.9 Å². The Balaban J connectivity index is 0. The number of hydrogen-bond acceptors (Lipinski definition) is 12. The molecule has 0 aliphatic rings. The van der Waals surface area contributed by atoms with Crippen LogP contribution in [0.2, 0.25) is 0 Å². The predicted molar refractivity (Wildman–Crippen MR) is 88.7 cm³/mol. The Morgan fingerprint density at radius 3 is 2.37 bits per heavy atom. The van der Waals surface area contributed by atoms with Gasteiger partial charge < -0.3 is 41.3 Å². The van der Waals surface area contributed by atoms with E-state index in [4.69, 9.17) is 9.26 Å². The second kappa shape index (κ2) is 17.3. The van der Waals surface area contributed by atoms with Crippen LogP contribution in [0.3, 0.4) is 0 Å². The first-order valence-corrected chi connectivity index (χ1v) is 9.68. The number of carboxylic acids is 2. The third-order valence-corrected chi connectivity index (χ3v) is 5.36. The molecule has 0 radical (unpaired) electrons. The Morgan fingerprint density at radius 2 is 1.78 bits per heavy atom.